The molecular weight excluding hydrogens is 375 g/mol. The highest BCUT2D eigenvalue weighted by molar-refractivity contribution is 7.07. The molecule has 1 heterocycles. The molecule has 27 heavy (non-hydrogen) atoms. The monoisotopic (exact) mass is 391 g/mol. The topological polar surface area (TPSA) is 29.5 Å². The van der Waals surface area contributed by atoms with Gasteiger partial charge in [-0.15, -0.1) is 0 Å². The van der Waals surface area contributed by atoms with Crippen LogP contribution in [-0.4, -0.2) is 23.5 Å². The van der Waals surface area contributed by atoms with Gasteiger partial charge in [-0.3, -0.25) is 4.79 Å². The van der Waals surface area contributed by atoms with Crippen LogP contribution in [0.25, 0.3) is 0 Å². The molecule has 0 unspecified atom stereocenters. The van der Waals surface area contributed by atoms with Gasteiger partial charge in [-0.05, 0) is 58.8 Å². The van der Waals surface area contributed by atoms with Crippen molar-refractivity contribution in [1.82, 2.24) is 4.90 Å². The van der Waals surface area contributed by atoms with Crippen LogP contribution in [-0.2, 0) is 6.54 Å². The maximum absolute atomic E-state index is 12.9. The number of amides is 1. The van der Waals surface area contributed by atoms with Crippen LogP contribution in [0.3, 0.4) is 0 Å². The molecule has 0 fully saturated rings. The summed E-state index contributed by atoms with van der Waals surface area (Å²) in [6, 6.07) is 16.9. The first-order chi connectivity index (χ1) is 12.9. The predicted octanol–water partition coefficient (Wildman–Crippen LogP) is 5.75. The van der Waals surface area contributed by atoms with Crippen LogP contribution in [0.2, 0.25) is 0 Å². The second kappa shape index (κ2) is 8.26. The summed E-state index contributed by atoms with van der Waals surface area (Å²) in [5.74, 6) is 0.454. The van der Waals surface area contributed by atoms with Crippen LogP contribution in [0.1, 0.15) is 15.9 Å². The van der Waals surface area contributed by atoms with Crippen molar-refractivity contribution < 1.29 is 22.7 Å². The van der Waals surface area contributed by atoms with Crippen LogP contribution in [0.15, 0.2) is 71.4 Å². The van der Waals surface area contributed by atoms with Gasteiger partial charge in [0.1, 0.15) is 18.0 Å². The van der Waals surface area contributed by atoms with Gasteiger partial charge in [0, 0.05) is 12.1 Å². The number of hydrogen-bond donors (Lipinski definition) is 0. The summed E-state index contributed by atoms with van der Waals surface area (Å²) in [6.45, 7) is -1.39. The van der Waals surface area contributed by atoms with E-state index in [1.807, 2.05) is 18.2 Å². The lowest BCUT2D eigenvalue weighted by Gasteiger charge is -2.23. The Kier molecular flexibility index (Phi) is 5.81. The van der Waals surface area contributed by atoms with E-state index in [0.29, 0.717) is 17.1 Å². The minimum atomic E-state index is -4.47. The molecule has 3 nitrogen and oxygen atoms in total. The third kappa shape index (κ3) is 5.59. The van der Waals surface area contributed by atoms with Crippen molar-refractivity contribution in [3.8, 4) is 11.5 Å². The van der Waals surface area contributed by atoms with Gasteiger partial charge in [-0.25, -0.2) is 0 Å². The Morgan fingerprint density at radius 3 is 2.22 bits per heavy atom. The highest BCUT2D eigenvalue weighted by atomic mass is 32.1. The van der Waals surface area contributed by atoms with Crippen LogP contribution >= 0.6 is 11.3 Å². The van der Waals surface area contributed by atoms with E-state index < -0.39 is 18.6 Å². The Balaban J connectivity index is 1.74. The van der Waals surface area contributed by atoms with Crippen LogP contribution in [0.5, 0.6) is 11.5 Å². The van der Waals surface area contributed by atoms with E-state index in [4.69, 9.17) is 4.74 Å². The normalized spacial score (nSPS) is 11.2. The number of carbonyl (C=O) groups excluding carboxylic acids is 1. The summed E-state index contributed by atoms with van der Waals surface area (Å²) in [5.41, 5.74) is 0.844. The molecule has 140 valence electrons. The molecule has 0 N–H and O–H groups in total. The van der Waals surface area contributed by atoms with Crippen molar-refractivity contribution in [3.63, 3.8) is 0 Å². The van der Waals surface area contributed by atoms with E-state index >= 15 is 0 Å². The smallest absolute Gasteiger partial charge is 0.406 e. The van der Waals surface area contributed by atoms with E-state index in [0.717, 1.165) is 4.90 Å². The second-order valence-electron chi connectivity index (χ2n) is 5.85. The average Bonchev–Trinajstić information content (AvgIpc) is 3.14. The molecule has 0 saturated carbocycles. The fourth-order valence-electron chi connectivity index (χ4n) is 2.49. The van der Waals surface area contributed by atoms with Crippen molar-refractivity contribution in [1.29, 1.82) is 0 Å². The van der Waals surface area contributed by atoms with Crippen LogP contribution in [0, 0.1) is 0 Å². The molecule has 0 aliphatic heterocycles. The Hall–Kier alpha value is -2.80. The first kappa shape index (κ1) is 19.0. The number of thiophene rings is 1. The minimum Gasteiger partial charge on any atom is -0.457 e. The highest BCUT2D eigenvalue weighted by Gasteiger charge is 2.33. The summed E-state index contributed by atoms with van der Waals surface area (Å²) in [4.78, 5) is 13.4. The van der Waals surface area contributed by atoms with Gasteiger partial charge < -0.3 is 9.64 Å². The lowest BCUT2D eigenvalue weighted by molar-refractivity contribution is -0.141. The van der Waals surface area contributed by atoms with Crippen molar-refractivity contribution in [3.05, 3.63) is 82.6 Å². The molecule has 0 saturated heterocycles. The maximum Gasteiger partial charge on any atom is 0.406 e. The highest BCUT2D eigenvalue weighted by Crippen LogP contribution is 2.24. The Bertz CT molecular complexity index is 863. The largest absolute Gasteiger partial charge is 0.457 e. The van der Waals surface area contributed by atoms with E-state index in [9.17, 15) is 18.0 Å². The summed E-state index contributed by atoms with van der Waals surface area (Å²) in [5, 5.41) is 3.49. The molecule has 3 aromatic rings. The molecule has 1 aromatic heterocycles. The number of benzene rings is 2. The SMILES string of the molecule is O=C(c1ccc(Oc2ccccc2)cc1)N(Cc1ccsc1)CC(F)(F)F. The molecule has 0 aliphatic carbocycles. The molecule has 2 aromatic carbocycles. The standard InChI is InChI=1S/C20H16F3NO2S/c21-20(22,23)14-24(12-15-10-11-27-13-15)19(25)16-6-8-18(9-7-16)26-17-4-2-1-3-5-17/h1-11,13H,12,14H2. The summed E-state index contributed by atoms with van der Waals surface area (Å²) in [7, 11) is 0. The number of rotatable bonds is 6. The zero-order valence-corrected chi connectivity index (χ0v) is 15.0. The van der Waals surface area contributed by atoms with Gasteiger partial charge >= 0.3 is 6.18 Å². The molecule has 7 heteroatoms. The van der Waals surface area contributed by atoms with Crippen molar-refractivity contribution in [2.24, 2.45) is 0 Å². The summed E-state index contributed by atoms with van der Waals surface area (Å²) < 4.78 is 44.4. The van der Waals surface area contributed by atoms with Gasteiger partial charge in [0.05, 0.1) is 0 Å². The average molecular weight is 391 g/mol. The van der Waals surface area contributed by atoms with E-state index in [-0.39, 0.29) is 12.1 Å². The summed E-state index contributed by atoms with van der Waals surface area (Å²) >= 11 is 1.37. The first-order valence-corrected chi connectivity index (χ1v) is 9.05. The molecule has 0 radical (unpaired) electrons. The number of carbonyl (C=O) groups is 1. The third-order valence-electron chi connectivity index (χ3n) is 3.69. The van der Waals surface area contributed by atoms with E-state index in [1.54, 1.807) is 41.1 Å². The molecule has 0 aliphatic rings. The Labute approximate surface area is 158 Å². The first-order valence-electron chi connectivity index (χ1n) is 8.11. The Morgan fingerprint density at radius 1 is 0.963 bits per heavy atom. The van der Waals surface area contributed by atoms with E-state index in [2.05, 4.69) is 0 Å². The van der Waals surface area contributed by atoms with Crippen molar-refractivity contribution in [2.45, 2.75) is 12.7 Å². The third-order valence-corrected chi connectivity index (χ3v) is 4.42. The molecular formula is C20H16F3NO2S. The molecule has 0 spiro atoms. The van der Waals surface area contributed by atoms with Gasteiger partial charge in [-0.1, -0.05) is 18.2 Å². The second-order valence-corrected chi connectivity index (χ2v) is 6.63. The number of alkyl halides is 3. The van der Waals surface area contributed by atoms with Gasteiger partial charge in [0.15, 0.2) is 0 Å². The van der Waals surface area contributed by atoms with E-state index in [1.165, 1.54) is 23.5 Å². The molecule has 3 rings (SSSR count). The van der Waals surface area contributed by atoms with Crippen LogP contribution in [0.4, 0.5) is 13.2 Å². The van der Waals surface area contributed by atoms with Crippen LogP contribution < -0.4 is 4.74 Å². The lowest BCUT2D eigenvalue weighted by Crippen LogP contribution is -2.38. The minimum absolute atomic E-state index is 0.0931. The lowest BCUT2D eigenvalue weighted by atomic mass is 10.1. The van der Waals surface area contributed by atoms with Crippen molar-refractivity contribution >= 4 is 17.2 Å². The number of hydrogen-bond acceptors (Lipinski definition) is 3. The van der Waals surface area contributed by atoms with Crippen molar-refractivity contribution in [2.75, 3.05) is 6.54 Å². The maximum atomic E-state index is 12.9. The Morgan fingerprint density at radius 2 is 1.63 bits per heavy atom. The number of halogens is 3. The molecule has 1 amide bonds. The number of para-hydroxylation sites is 1. The predicted molar refractivity (Wildman–Crippen MR) is 98.1 cm³/mol. The zero-order chi connectivity index (χ0) is 19.3. The summed E-state index contributed by atoms with van der Waals surface area (Å²) in [6.07, 6.45) is -4.47. The number of ether oxygens (including phenoxy) is 1. The number of nitrogens with zero attached hydrogens (tertiary/aromatic N) is 1. The van der Waals surface area contributed by atoms with Gasteiger partial charge in [0.25, 0.3) is 5.91 Å². The molecule has 0 bridgehead atoms. The fraction of sp³-hybridized carbons (Fsp3) is 0.150. The quantitative estimate of drug-likeness (QED) is 0.536. The fourth-order valence-corrected chi connectivity index (χ4v) is 3.15. The molecule has 0 atom stereocenters. The van der Waals surface area contributed by atoms with Gasteiger partial charge in [-0.2, -0.15) is 24.5 Å². The zero-order valence-electron chi connectivity index (χ0n) is 14.1. The van der Waals surface area contributed by atoms with Gasteiger partial charge in [0.2, 0.25) is 0 Å².